The maximum absolute atomic E-state index is 12.6. The van der Waals surface area contributed by atoms with Gasteiger partial charge in [0.2, 0.25) is 12.7 Å². The summed E-state index contributed by atoms with van der Waals surface area (Å²) in [5.74, 6) is 0.253. The zero-order chi connectivity index (χ0) is 23.6. The van der Waals surface area contributed by atoms with Crippen LogP contribution >= 0.6 is 11.8 Å². The first-order valence-corrected chi connectivity index (χ1v) is 10.6. The van der Waals surface area contributed by atoms with Crippen LogP contribution in [0, 0.1) is 0 Å². The van der Waals surface area contributed by atoms with E-state index in [-0.39, 0.29) is 31.2 Å². The molecule has 2 aromatic carbocycles. The number of nitrogens with zero attached hydrogens (tertiary/aromatic N) is 1. The Hall–Kier alpha value is -3.47. The van der Waals surface area contributed by atoms with Crippen molar-refractivity contribution in [2.24, 2.45) is 0 Å². The van der Waals surface area contributed by atoms with E-state index in [1.54, 1.807) is 24.3 Å². The number of nitrogens with one attached hydrogen (secondary N) is 1. The van der Waals surface area contributed by atoms with Gasteiger partial charge >= 0.3 is 6.18 Å². The number of fused-ring (bicyclic) bond motifs is 1. The highest BCUT2D eigenvalue weighted by atomic mass is 32.2. The van der Waals surface area contributed by atoms with Gasteiger partial charge in [0.05, 0.1) is 16.9 Å². The summed E-state index contributed by atoms with van der Waals surface area (Å²) in [5.41, 5.74) is 0.299. The Kier molecular flexibility index (Phi) is 6.32. The van der Waals surface area contributed by atoms with E-state index in [9.17, 15) is 27.6 Å². The number of hydrogen-bond donors (Lipinski definition) is 1. The highest BCUT2D eigenvalue weighted by Crippen LogP contribution is 2.36. The molecule has 172 valence electrons. The van der Waals surface area contributed by atoms with Crippen molar-refractivity contribution in [3.63, 3.8) is 0 Å². The number of halogens is 3. The number of carbonyl (C=O) groups is 3. The van der Waals surface area contributed by atoms with Crippen LogP contribution in [0.4, 0.5) is 18.0 Å². The van der Waals surface area contributed by atoms with Crippen LogP contribution in [0.2, 0.25) is 0 Å². The van der Waals surface area contributed by atoms with Crippen molar-refractivity contribution in [1.82, 2.24) is 10.2 Å². The molecule has 0 atom stereocenters. The number of carbonyl (C=O) groups excluding carboxylic acids is 3. The fraction of sp³-hybridized carbons (Fsp3) is 0.227. The largest absolute Gasteiger partial charge is 0.454 e. The number of ether oxygens (including phenoxy) is 2. The minimum Gasteiger partial charge on any atom is -0.454 e. The lowest BCUT2D eigenvalue weighted by atomic mass is 10.1. The van der Waals surface area contributed by atoms with E-state index in [0.717, 1.165) is 28.8 Å². The average molecular weight is 478 g/mol. The van der Waals surface area contributed by atoms with Gasteiger partial charge in [0.25, 0.3) is 11.1 Å². The Labute approximate surface area is 190 Å². The van der Waals surface area contributed by atoms with E-state index in [4.69, 9.17) is 9.47 Å². The van der Waals surface area contributed by atoms with E-state index in [1.807, 2.05) is 0 Å². The van der Waals surface area contributed by atoms with Crippen molar-refractivity contribution in [1.29, 1.82) is 0 Å². The van der Waals surface area contributed by atoms with Gasteiger partial charge in [-0.3, -0.25) is 19.3 Å². The minimum atomic E-state index is -4.44. The summed E-state index contributed by atoms with van der Waals surface area (Å²) in [6.45, 7) is 0.122. The summed E-state index contributed by atoms with van der Waals surface area (Å²) in [6.07, 6.45) is -2.98. The van der Waals surface area contributed by atoms with Crippen LogP contribution in [0.15, 0.2) is 47.4 Å². The summed E-state index contributed by atoms with van der Waals surface area (Å²) in [7, 11) is 0. The summed E-state index contributed by atoms with van der Waals surface area (Å²) in [6, 6.07) is 9.45. The first-order chi connectivity index (χ1) is 15.7. The van der Waals surface area contributed by atoms with Crippen molar-refractivity contribution in [2.45, 2.75) is 12.6 Å². The maximum Gasteiger partial charge on any atom is 0.416 e. The number of thioether (sulfide) groups is 1. The lowest BCUT2D eigenvalue weighted by Gasteiger charge is -2.13. The zero-order valence-corrected chi connectivity index (χ0v) is 17.8. The second kappa shape index (κ2) is 9.18. The average Bonchev–Trinajstić information content (AvgIpc) is 3.33. The molecule has 1 fully saturated rings. The highest BCUT2D eigenvalue weighted by molar-refractivity contribution is 8.18. The molecule has 11 heteroatoms. The molecule has 1 saturated heterocycles. The van der Waals surface area contributed by atoms with E-state index >= 15 is 0 Å². The van der Waals surface area contributed by atoms with Gasteiger partial charge in [-0.15, -0.1) is 0 Å². The molecule has 7 nitrogen and oxygen atoms in total. The first kappa shape index (κ1) is 22.7. The van der Waals surface area contributed by atoms with Crippen LogP contribution in [0.25, 0.3) is 6.08 Å². The zero-order valence-electron chi connectivity index (χ0n) is 17.0. The molecule has 0 bridgehead atoms. The molecule has 33 heavy (non-hydrogen) atoms. The molecule has 1 N–H and O–H groups in total. The number of benzene rings is 2. The van der Waals surface area contributed by atoms with Crippen LogP contribution < -0.4 is 14.8 Å². The second-order valence-electron chi connectivity index (χ2n) is 7.17. The van der Waals surface area contributed by atoms with Crippen LogP contribution in [0.3, 0.4) is 0 Å². The molecular weight excluding hydrogens is 461 g/mol. The predicted molar refractivity (Wildman–Crippen MR) is 113 cm³/mol. The van der Waals surface area contributed by atoms with Crippen molar-refractivity contribution in [2.75, 3.05) is 19.9 Å². The Morgan fingerprint density at radius 3 is 2.55 bits per heavy atom. The summed E-state index contributed by atoms with van der Waals surface area (Å²) in [4.78, 5) is 38.2. The molecule has 0 saturated carbocycles. The van der Waals surface area contributed by atoms with Gasteiger partial charge in [-0.2, -0.15) is 13.2 Å². The fourth-order valence-corrected chi connectivity index (χ4v) is 4.08. The van der Waals surface area contributed by atoms with Gasteiger partial charge in [-0.05, 0) is 53.2 Å². The molecule has 0 radical (unpaired) electrons. The molecule has 0 aromatic heterocycles. The van der Waals surface area contributed by atoms with Crippen LogP contribution in [0.1, 0.15) is 16.7 Å². The summed E-state index contributed by atoms with van der Waals surface area (Å²) in [5, 5.41) is 2.12. The molecule has 4 rings (SSSR count). The second-order valence-corrected chi connectivity index (χ2v) is 8.16. The molecule has 0 unspecified atom stereocenters. The van der Waals surface area contributed by atoms with Crippen molar-refractivity contribution < 1.29 is 37.0 Å². The molecule has 3 amide bonds. The smallest absolute Gasteiger partial charge is 0.416 e. The number of hydrogen-bond acceptors (Lipinski definition) is 6. The van der Waals surface area contributed by atoms with Gasteiger partial charge in [0.15, 0.2) is 11.5 Å². The molecule has 2 aliphatic rings. The third kappa shape index (κ3) is 5.30. The third-order valence-electron chi connectivity index (χ3n) is 4.87. The molecule has 0 aliphatic carbocycles. The molecule has 2 heterocycles. The standard InChI is InChI=1S/C22H17F3N2O5S/c23-22(24,25)15-4-1-13(2-5-15)11-19(28)26-7-8-27-20(29)18(33-21(27)30)10-14-3-6-16-17(9-14)32-12-31-16/h1-6,9-10H,7-8,11-12H2,(H,26,28)/b18-10-. The fourth-order valence-electron chi connectivity index (χ4n) is 3.21. The van der Waals surface area contributed by atoms with E-state index in [2.05, 4.69) is 5.32 Å². The number of amides is 3. The highest BCUT2D eigenvalue weighted by Gasteiger charge is 2.35. The first-order valence-electron chi connectivity index (χ1n) is 9.78. The van der Waals surface area contributed by atoms with E-state index < -0.39 is 28.8 Å². The van der Waals surface area contributed by atoms with Crippen LogP contribution in [0.5, 0.6) is 11.5 Å². The number of alkyl halides is 3. The monoisotopic (exact) mass is 478 g/mol. The van der Waals surface area contributed by atoms with Crippen LogP contribution in [-0.2, 0) is 22.2 Å². The van der Waals surface area contributed by atoms with Gasteiger partial charge in [-0.1, -0.05) is 18.2 Å². The van der Waals surface area contributed by atoms with E-state index in [1.165, 1.54) is 12.1 Å². The Morgan fingerprint density at radius 1 is 1.09 bits per heavy atom. The normalized spacial score (nSPS) is 16.6. The molecular formula is C22H17F3N2O5S. The SMILES string of the molecule is O=C(Cc1ccc(C(F)(F)F)cc1)NCCN1C(=O)S/C(=C\c2ccc3c(c2)OCO3)C1=O. The lowest BCUT2D eigenvalue weighted by molar-refractivity contribution is -0.137. The predicted octanol–water partition coefficient (Wildman–Crippen LogP) is 3.83. The minimum absolute atomic E-state index is 0.0226. The van der Waals surface area contributed by atoms with Crippen molar-refractivity contribution in [3.8, 4) is 11.5 Å². The Balaban J connectivity index is 1.29. The summed E-state index contributed by atoms with van der Waals surface area (Å²) >= 11 is 0.797. The molecule has 2 aliphatic heterocycles. The maximum atomic E-state index is 12.6. The Bertz CT molecular complexity index is 1130. The van der Waals surface area contributed by atoms with Gasteiger partial charge < -0.3 is 14.8 Å². The van der Waals surface area contributed by atoms with Gasteiger partial charge in [0, 0.05) is 13.1 Å². The van der Waals surface area contributed by atoms with E-state index in [0.29, 0.717) is 22.6 Å². The van der Waals surface area contributed by atoms with Crippen molar-refractivity contribution >= 4 is 34.9 Å². The molecule has 0 spiro atoms. The molecule has 2 aromatic rings. The van der Waals surface area contributed by atoms with Crippen LogP contribution in [-0.4, -0.2) is 41.8 Å². The number of imide groups is 1. The summed E-state index contributed by atoms with van der Waals surface area (Å²) < 4.78 is 48.4. The van der Waals surface area contributed by atoms with Gasteiger partial charge in [0.1, 0.15) is 0 Å². The lowest BCUT2D eigenvalue weighted by Crippen LogP contribution is -2.37. The van der Waals surface area contributed by atoms with Gasteiger partial charge in [-0.25, -0.2) is 0 Å². The number of rotatable bonds is 6. The quantitative estimate of drug-likeness (QED) is 0.636. The Morgan fingerprint density at radius 2 is 1.82 bits per heavy atom. The third-order valence-corrected chi connectivity index (χ3v) is 5.78. The van der Waals surface area contributed by atoms with Crippen molar-refractivity contribution in [3.05, 3.63) is 64.1 Å². The topological polar surface area (TPSA) is 84.9 Å².